The van der Waals surface area contributed by atoms with E-state index in [-0.39, 0.29) is 71.8 Å². The minimum Gasteiger partial charge on any atom is -0.462 e. The molecule has 0 radical (unpaired) electrons. The minimum absolute atomic E-state index is 0.0147. The van der Waals surface area contributed by atoms with Gasteiger partial charge in [0.15, 0.2) is 5.78 Å². The van der Waals surface area contributed by atoms with Crippen molar-refractivity contribution in [1.29, 1.82) is 0 Å². The Morgan fingerprint density at radius 1 is 0.505 bits per heavy atom. The zero-order chi connectivity index (χ0) is 67.2. The van der Waals surface area contributed by atoms with Crippen molar-refractivity contribution < 1.29 is 71.5 Å². The van der Waals surface area contributed by atoms with Gasteiger partial charge in [-0.2, -0.15) is 0 Å². The van der Waals surface area contributed by atoms with E-state index in [2.05, 4.69) is 31.7 Å². The molecule has 93 heavy (non-hydrogen) atoms. The highest BCUT2D eigenvalue weighted by molar-refractivity contribution is 5.90. The van der Waals surface area contributed by atoms with E-state index in [0.29, 0.717) is 11.1 Å². The number of methoxy groups -OCH3 is 2. The fourth-order valence-electron chi connectivity index (χ4n) is 9.98. The highest BCUT2D eigenvalue weighted by Gasteiger charge is 2.39. The number of nitrogens with one attached hydrogen (secondary N) is 5. The summed E-state index contributed by atoms with van der Waals surface area (Å²) in [5.41, 5.74) is 6.50. The molecular formula is C71H87N7O15. The van der Waals surface area contributed by atoms with E-state index in [4.69, 9.17) is 33.2 Å². The van der Waals surface area contributed by atoms with Crippen molar-refractivity contribution in [1.82, 2.24) is 36.7 Å². The molecule has 1 heterocycles. The number of ketones is 1. The molecule has 6 aromatic rings. The predicted octanol–water partition coefficient (Wildman–Crippen LogP) is 8.69. The molecule has 22 nitrogen and oxygen atoms in total. The number of carbonyl (C=O) groups excluding carboxylic acids is 8. The monoisotopic (exact) mass is 1280 g/mol. The summed E-state index contributed by atoms with van der Waals surface area (Å²) in [6, 6.07) is 44.7. The van der Waals surface area contributed by atoms with Gasteiger partial charge < -0.3 is 54.4 Å². The molecule has 5 amide bonds. The van der Waals surface area contributed by atoms with E-state index < -0.39 is 101 Å². The predicted molar refractivity (Wildman–Crippen MR) is 347 cm³/mol. The summed E-state index contributed by atoms with van der Waals surface area (Å²) in [6.07, 6.45) is -2.08. The summed E-state index contributed by atoms with van der Waals surface area (Å²) in [5.74, 6) is -4.28. The van der Waals surface area contributed by atoms with Crippen LogP contribution in [0.2, 0.25) is 0 Å². The van der Waals surface area contributed by atoms with Gasteiger partial charge in [-0.15, -0.1) is 0 Å². The van der Waals surface area contributed by atoms with Gasteiger partial charge in [0, 0.05) is 50.6 Å². The molecule has 0 fully saturated rings. The van der Waals surface area contributed by atoms with E-state index in [1.165, 1.54) is 14.2 Å². The molecule has 6 atom stereocenters. The van der Waals surface area contributed by atoms with Gasteiger partial charge in [0.2, 0.25) is 5.91 Å². The number of alkyl carbamates (subject to hydrolysis) is 3. The highest BCUT2D eigenvalue weighted by Crippen LogP contribution is 2.28. The van der Waals surface area contributed by atoms with Crippen LogP contribution in [0.3, 0.4) is 0 Å². The number of hydrogen-bond donors (Lipinski definition) is 5. The average molecular weight is 1280 g/mol. The first-order valence-electron chi connectivity index (χ1n) is 30.8. The number of ether oxygens (including phenoxy) is 7. The summed E-state index contributed by atoms with van der Waals surface area (Å²) in [5, 5.41) is 12.4. The Labute approximate surface area is 544 Å². The topological polar surface area (TPSA) is 277 Å². The van der Waals surface area contributed by atoms with Crippen LogP contribution in [-0.2, 0) is 89.5 Å². The van der Waals surface area contributed by atoms with Crippen LogP contribution in [0, 0.1) is 16.7 Å². The fourth-order valence-corrected chi connectivity index (χ4v) is 9.98. The Balaban J connectivity index is 1.26. The van der Waals surface area contributed by atoms with Crippen LogP contribution in [0.5, 0.6) is 0 Å². The zero-order valence-electron chi connectivity index (χ0n) is 54.1. The summed E-state index contributed by atoms with van der Waals surface area (Å²) in [4.78, 5) is 116. The lowest BCUT2D eigenvalue weighted by molar-refractivity contribution is -0.161. The minimum atomic E-state index is -1.25. The maximum Gasteiger partial charge on any atom is 0.408 e. The summed E-state index contributed by atoms with van der Waals surface area (Å²) < 4.78 is 38.7. The first-order chi connectivity index (χ1) is 44.6. The van der Waals surface area contributed by atoms with E-state index in [1.807, 2.05) is 103 Å². The fraction of sp³-hybridized carbons (Fsp3) is 0.394. The summed E-state index contributed by atoms with van der Waals surface area (Å²) >= 11 is 0. The summed E-state index contributed by atoms with van der Waals surface area (Å²) in [7, 11) is 2.65. The molecule has 0 aliphatic carbocycles. The second-order valence-corrected chi connectivity index (χ2v) is 24.3. The lowest BCUT2D eigenvalue weighted by Crippen LogP contribution is -2.58. The Kier molecular flexibility index (Phi) is 29.0. The third kappa shape index (κ3) is 25.6. The van der Waals surface area contributed by atoms with Crippen molar-refractivity contribution in [3.63, 3.8) is 0 Å². The SMILES string of the molecule is COCCOC(=O)NC(C(=O)CC(Cc1ccccc1)C(CN(Cc1ccc(-c2ccccn2)cc1)NC(=O)C(NC(=O)OC)C(C)(C)C)OC(=O)COCCOC(=O)C(Cc1ccccc1)NC(=O)C(Cc1ccccc1)NC(=O)OCc1ccccc1)C(C)(C)C. The lowest BCUT2D eigenvalue weighted by Gasteiger charge is -2.36. The Bertz CT molecular complexity index is 3300. The smallest absolute Gasteiger partial charge is 0.408 e. The van der Waals surface area contributed by atoms with Crippen molar-refractivity contribution in [2.45, 2.75) is 111 Å². The number of Topliss-reactive ketones (excluding diaryl/α,β-unsaturated/α-hetero) is 1. The van der Waals surface area contributed by atoms with Crippen molar-refractivity contribution in [2.75, 3.05) is 53.8 Å². The molecule has 1 aromatic heterocycles. The number of hydrogen-bond acceptors (Lipinski definition) is 17. The van der Waals surface area contributed by atoms with Crippen LogP contribution in [0.1, 0.15) is 75.8 Å². The van der Waals surface area contributed by atoms with Gasteiger partial charge in [0.1, 0.15) is 50.7 Å². The Morgan fingerprint density at radius 2 is 1.04 bits per heavy atom. The highest BCUT2D eigenvalue weighted by atomic mass is 16.6. The van der Waals surface area contributed by atoms with E-state index in [9.17, 15) is 38.4 Å². The number of rotatable bonds is 34. The van der Waals surface area contributed by atoms with Crippen LogP contribution in [0.15, 0.2) is 170 Å². The molecular weight excluding hydrogens is 1190 g/mol. The second-order valence-electron chi connectivity index (χ2n) is 24.3. The van der Waals surface area contributed by atoms with E-state index in [0.717, 1.165) is 27.9 Å². The van der Waals surface area contributed by atoms with Gasteiger partial charge in [-0.25, -0.2) is 29.0 Å². The molecule has 0 bridgehead atoms. The average Bonchev–Trinajstić information content (AvgIpc) is 1.08. The van der Waals surface area contributed by atoms with Gasteiger partial charge in [0.05, 0.1) is 38.6 Å². The number of aromatic nitrogens is 1. The van der Waals surface area contributed by atoms with Gasteiger partial charge in [-0.05, 0) is 57.2 Å². The largest absolute Gasteiger partial charge is 0.462 e. The first-order valence-corrected chi connectivity index (χ1v) is 30.8. The number of amides is 5. The molecule has 0 saturated heterocycles. The lowest BCUT2D eigenvalue weighted by atomic mass is 9.79. The maximum atomic E-state index is 14.9. The van der Waals surface area contributed by atoms with E-state index in [1.54, 1.807) is 113 Å². The Morgan fingerprint density at radius 3 is 1.60 bits per heavy atom. The van der Waals surface area contributed by atoms with Gasteiger partial charge in [0.25, 0.3) is 5.91 Å². The van der Waals surface area contributed by atoms with Crippen LogP contribution in [0.25, 0.3) is 11.3 Å². The molecule has 22 heteroatoms. The summed E-state index contributed by atoms with van der Waals surface area (Å²) in [6.45, 7) is 9.12. The van der Waals surface area contributed by atoms with Gasteiger partial charge in [-0.1, -0.05) is 193 Å². The standard InChI is InChI=1S/C71H87N7O15/c1-70(2,3)62(75-69(86)91-39-37-87-7)59(79)44-55(41-49-23-13-9-14-24-49)60(46-78(77-65(82)63(71(4,5)6)76-67(84)88-8)45-52-32-34-54(35-33-52)56-31-21-22-36-72-56)93-61(80)48-89-38-40-90-66(83)58(43-51-27-17-11-18-28-51)73-64(81)57(42-50-25-15-10-16-26-50)74-68(85)92-47-53-29-19-12-20-30-53/h9-36,55,57-58,60,62-63H,37-48H2,1-8H3,(H,73,81)(H,74,85)(H,75,86)(H,76,84)(H,77,82). The molecule has 0 spiro atoms. The van der Waals surface area contributed by atoms with Crippen molar-refractivity contribution in [2.24, 2.45) is 16.7 Å². The third-order valence-electron chi connectivity index (χ3n) is 14.8. The first kappa shape index (κ1) is 72.6. The molecule has 6 rings (SSSR count). The third-order valence-corrected chi connectivity index (χ3v) is 14.8. The van der Waals surface area contributed by atoms with Crippen molar-refractivity contribution in [3.8, 4) is 11.3 Å². The second kappa shape index (κ2) is 37.1. The molecule has 6 unspecified atom stereocenters. The van der Waals surface area contributed by atoms with Crippen LogP contribution < -0.4 is 26.7 Å². The molecule has 0 aliphatic rings. The van der Waals surface area contributed by atoms with Gasteiger partial charge >= 0.3 is 30.2 Å². The molecule has 5 aromatic carbocycles. The van der Waals surface area contributed by atoms with Crippen LogP contribution >= 0.6 is 0 Å². The van der Waals surface area contributed by atoms with Gasteiger partial charge in [-0.3, -0.25) is 24.8 Å². The Hall–Kier alpha value is -9.51. The van der Waals surface area contributed by atoms with Crippen LogP contribution in [0.4, 0.5) is 14.4 Å². The number of benzene rings is 5. The number of nitrogens with zero attached hydrogens (tertiary/aromatic N) is 2. The van der Waals surface area contributed by atoms with Crippen LogP contribution in [-0.4, -0.2) is 142 Å². The molecule has 0 saturated carbocycles. The van der Waals surface area contributed by atoms with Crippen molar-refractivity contribution >= 4 is 47.8 Å². The quantitative estimate of drug-likeness (QED) is 0.0109. The number of carbonyl (C=O) groups is 8. The number of esters is 2. The zero-order valence-corrected chi connectivity index (χ0v) is 54.1. The molecule has 5 N–H and O–H groups in total. The van der Waals surface area contributed by atoms with Crippen molar-refractivity contribution in [3.05, 3.63) is 198 Å². The maximum absolute atomic E-state index is 14.9. The molecule has 496 valence electrons. The normalized spacial score (nSPS) is 13.3. The molecule has 0 aliphatic heterocycles. The number of pyridine rings is 1. The number of hydrazine groups is 1. The van der Waals surface area contributed by atoms with E-state index >= 15 is 0 Å².